The Morgan fingerprint density at radius 3 is 2.20 bits per heavy atom. The fraction of sp³-hybridized carbons (Fsp3) is 0.619. The number of pyridine rings is 1. The molecule has 2 aliphatic heterocycles. The molecule has 0 unspecified atom stereocenters. The molecule has 0 aliphatic carbocycles. The van der Waals surface area contributed by atoms with Gasteiger partial charge >= 0.3 is 0 Å². The summed E-state index contributed by atoms with van der Waals surface area (Å²) in [6, 6.07) is 4.23. The molecule has 0 amide bonds. The van der Waals surface area contributed by atoms with Gasteiger partial charge in [-0.25, -0.2) is 8.42 Å². The smallest absolute Gasteiger partial charge is 0.246 e. The first-order valence-electron chi connectivity index (χ1n) is 10.7. The summed E-state index contributed by atoms with van der Waals surface area (Å²) in [5.41, 5.74) is 1.28. The summed E-state index contributed by atoms with van der Waals surface area (Å²) in [6.07, 6.45) is 7.47. The van der Waals surface area contributed by atoms with Gasteiger partial charge in [-0.2, -0.15) is 9.40 Å². The first kappa shape index (κ1) is 21.3. The minimum Gasteiger partial charge on any atom is -0.490 e. The highest BCUT2D eigenvalue weighted by atomic mass is 32.2. The number of hydrogen-bond acceptors (Lipinski definition) is 6. The van der Waals surface area contributed by atoms with Crippen molar-refractivity contribution in [2.24, 2.45) is 7.05 Å². The Labute approximate surface area is 178 Å². The first-order chi connectivity index (χ1) is 14.4. The maximum Gasteiger partial charge on any atom is 0.246 e. The molecule has 4 heterocycles. The molecule has 4 rings (SSSR count). The molecule has 0 spiro atoms. The summed E-state index contributed by atoms with van der Waals surface area (Å²) < 4.78 is 35.7. The van der Waals surface area contributed by atoms with Crippen LogP contribution in [0, 0.1) is 13.8 Å². The fourth-order valence-corrected chi connectivity index (χ4v) is 6.54. The minimum absolute atomic E-state index is 0.237. The monoisotopic (exact) mass is 433 g/mol. The lowest BCUT2D eigenvalue weighted by atomic mass is 10.00. The molecular formula is C21H31N5O3S. The molecule has 2 saturated heterocycles. The lowest BCUT2D eigenvalue weighted by Crippen LogP contribution is -2.50. The van der Waals surface area contributed by atoms with E-state index in [-0.39, 0.29) is 6.10 Å². The van der Waals surface area contributed by atoms with Crippen LogP contribution >= 0.6 is 0 Å². The van der Waals surface area contributed by atoms with Crippen LogP contribution in [0.2, 0.25) is 0 Å². The SMILES string of the molecule is Cc1nn(C)c(C)c1S(=O)(=O)N1CCC(N2CCC(Oc3ccncc3)CC2)CC1. The Hall–Kier alpha value is -1.97. The zero-order chi connectivity index (χ0) is 21.3. The van der Waals surface area contributed by atoms with Gasteiger partial charge in [0.1, 0.15) is 16.7 Å². The Balaban J connectivity index is 1.31. The van der Waals surface area contributed by atoms with Crippen molar-refractivity contribution in [3.8, 4) is 5.75 Å². The molecular weight excluding hydrogens is 402 g/mol. The Kier molecular flexibility index (Phi) is 6.13. The third-order valence-corrected chi connectivity index (χ3v) is 8.56. The van der Waals surface area contributed by atoms with Crippen molar-refractivity contribution in [3.63, 3.8) is 0 Å². The van der Waals surface area contributed by atoms with Crippen LogP contribution in [0.3, 0.4) is 0 Å². The van der Waals surface area contributed by atoms with E-state index in [1.807, 2.05) is 19.1 Å². The third-order valence-electron chi connectivity index (χ3n) is 6.41. The van der Waals surface area contributed by atoms with E-state index in [4.69, 9.17) is 4.74 Å². The van der Waals surface area contributed by atoms with Crippen molar-refractivity contribution in [3.05, 3.63) is 35.9 Å². The average molecular weight is 434 g/mol. The molecule has 0 bridgehead atoms. The molecule has 2 aromatic heterocycles. The number of likely N-dealkylation sites (tertiary alicyclic amines) is 1. The van der Waals surface area contributed by atoms with Crippen LogP contribution in [0.4, 0.5) is 0 Å². The lowest BCUT2D eigenvalue weighted by molar-refractivity contribution is 0.0585. The summed E-state index contributed by atoms with van der Waals surface area (Å²) in [5, 5.41) is 4.28. The van der Waals surface area contributed by atoms with E-state index in [9.17, 15) is 8.42 Å². The second-order valence-electron chi connectivity index (χ2n) is 8.29. The fourth-order valence-electron chi connectivity index (χ4n) is 4.67. The molecule has 0 radical (unpaired) electrons. The number of piperidine rings is 2. The quantitative estimate of drug-likeness (QED) is 0.719. The number of aromatic nitrogens is 3. The van der Waals surface area contributed by atoms with Crippen LogP contribution in [-0.4, -0.2) is 70.7 Å². The van der Waals surface area contributed by atoms with Gasteiger partial charge < -0.3 is 9.64 Å². The molecule has 0 N–H and O–H groups in total. The van der Waals surface area contributed by atoms with Crippen LogP contribution in [0.25, 0.3) is 0 Å². The number of rotatable bonds is 5. The Bertz CT molecular complexity index is 960. The van der Waals surface area contributed by atoms with Crippen molar-refractivity contribution in [1.82, 2.24) is 24.0 Å². The summed E-state index contributed by atoms with van der Waals surface area (Å²) in [5.74, 6) is 0.878. The minimum atomic E-state index is -3.49. The maximum absolute atomic E-state index is 13.2. The lowest BCUT2D eigenvalue weighted by Gasteiger charge is -2.41. The molecule has 0 saturated carbocycles. The second kappa shape index (κ2) is 8.64. The maximum atomic E-state index is 13.2. The molecule has 164 valence electrons. The summed E-state index contributed by atoms with van der Waals surface area (Å²) in [4.78, 5) is 6.91. The molecule has 2 aromatic rings. The molecule has 8 nitrogen and oxygen atoms in total. The van der Waals surface area contributed by atoms with Gasteiger partial charge in [-0.1, -0.05) is 0 Å². The zero-order valence-electron chi connectivity index (χ0n) is 18.0. The molecule has 30 heavy (non-hydrogen) atoms. The van der Waals surface area contributed by atoms with E-state index in [1.54, 1.807) is 35.4 Å². The second-order valence-corrected chi connectivity index (χ2v) is 10.2. The number of ether oxygens (including phenoxy) is 1. The van der Waals surface area contributed by atoms with Crippen LogP contribution in [0.1, 0.15) is 37.1 Å². The first-order valence-corrected chi connectivity index (χ1v) is 12.1. The van der Waals surface area contributed by atoms with E-state index < -0.39 is 10.0 Å². The molecule has 2 aliphatic rings. The Morgan fingerprint density at radius 2 is 1.63 bits per heavy atom. The standard InChI is InChI=1S/C21H31N5O3S/c1-16-21(17(2)24(3)23-16)30(27,28)26-14-6-18(7-15-26)25-12-8-20(9-13-25)29-19-4-10-22-11-5-19/h4-5,10-11,18,20H,6-9,12-15H2,1-3H3. The van der Waals surface area contributed by atoms with Gasteiger partial charge in [0.15, 0.2) is 0 Å². The largest absolute Gasteiger partial charge is 0.490 e. The number of aryl methyl sites for hydroxylation is 2. The van der Waals surface area contributed by atoms with E-state index >= 15 is 0 Å². The van der Waals surface area contributed by atoms with Crippen LogP contribution in [0.15, 0.2) is 29.4 Å². The topological polar surface area (TPSA) is 80.6 Å². The molecule has 2 fully saturated rings. The van der Waals surface area contributed by atoms with Crippen molar-refractivity contribution < 1.29 is 13.2 Å². The molecule has 9 heteroatoms. The van der Waals surface area contributed by atoms with Crippen molar-refractivity contribution >= 4 is 10.0 Å². The van der Waals surface area contributed by atoms with Gasteiger partial charge in [0, 0.05) is 51.7 Å². The predicted octanol–water partition coefficient (Wildman–Crippen LogP) is 2.13. The summed E-state index contributed by atoms with van der Waals surface area (Å²) in [7, 11) is -1.71. The third kappa shape index (κ3) is 4.24. The van der Waals surface area contributed by atoms with Gasteiger partial charge in [0.25, 0.3) is 0 Å². The summed E-state index contributed by atoms with van der Waals surface area (Å²) in [6.45, 7) is 6.70. The molecule has 0 atom stereocenters. The van der Waals surface area contributed by atoms with Crippen molar-refractivity contribution in [2.75, 3.05) is 26.2 Å². The normalized spacial score (nSPS) is 20.5. The van der Waals surface area contributed by atoms with Gasteiger partial charge in [0.2, 0.25) is 10.0 Å². The van der Waals surface area contributed by atoms with Crippen LogP contribution < -0.4 is 4.74 Å². The highest BCUT2D eigenvalue weighted by Gasteiger charge is 2.35. The van der Waals surface area contributed by atoms with E-state index in [2.05, 4.69) is 15.0 Å². The van der Waals surface area contributed by atoms with Crippen LogP contribution in [0.5, 0.6) is 5.75 Å². The highest BCUT2D eigenvalue weighted by molar-refractivity contribution is 7.89. The highest BCUT2D eigenvalue weighted by Crippen LogP contribution is 2.28. The van der Waals surface area contributed by atoms with Gasteiger partial charge in [-0.3, -0.25) is 9.67 Å². The number of hydrogen-bond donors (Lipinski definition) is 0. The van der Waals surface area contributed by atoms with E-state index in [1.165, 1.54) is 0 Å². The van der Waals surface area contributed by atoms with E-state index in [0.717, 1.165) is 44.5 Å². The number of nitrogens with zero attached hydrogens (tertiary/aromatic N) is 5. The molecule has 0 aromatic carbocycles. The van der Waals surface area contributed by atoms with Crippen molar-refractivity contribution in [2.45, 2.75) is 56.6 Å². The van der Waals surface area contributed by atoms with Gasteiger partial charge in [0.05, 0.1) is 11.4 Å². The zero-order valence-corrected chi connectivity index (χ0v) is 18.8. The van der Waals surface area contributed by atoms with E-state index in [0.29, 0.717) is 35.4 Å². The van der Waals surface area contributed by atoms with Crippen LogP contribution in [-0.2, 0) is 17.1 Å². The number of sulfonamides is 1. The van der Waals surface area contributed by atoms with Gasteiger partial charge in [-0.05, 0) is 51.7 Å². The Morgan fingerprint density at radius 1 is 1.00 bits per heavy atom. The predicted molar refractivity (Wildman–Crippen MR) is 114 cm³/mol. The average Bonchev–Trinajstić information content (AvgIpc) is 3.01. The van der Waals surface area contributed by atoms with Gasteiger partial charge in [-0.15, -0.1) is 0 Å². The van der Waals surface area contributed by atoms with Crippen molar-refractivity contribution in [1.29, 1.82) is 0 Å². The summed E-state index contributed by atoms with van der Waals surface area (Å²) >= 11 is 0.